The molecule has 3 aromatic rings. The Bertz CT molecular complexity index is 1250. The summed E-state index contributed by atoms with van der Waals surface area (Å²) >= 11 is 1.20. The smallest absolute Gasteiger partial charge is 0.350 e. The summed E-state index contributed by atoms with van der Waals surface area (Å²) in [7, 11) is 1.32. The molecule has 1 aliphatic rings. The highest BCUT2D eigenvalue weighted by molar-refractivity contribution is 7.21. The molecule has 1 amide bonds. The quantitative estimate of drug-likeness (QED) is 0.485. The fraction of sp³-hybridized carbons (Fsp3) is 0.385. The van der Waals surface area contributed by atoms with E-state index in [1.165, 1.54) is 18.4 Å². The second-order valence-corrected chi connectivity index (χ2v) is 9.58. The molecule has 9 heteroatoms. The van der Waals surface area contributed by atoms with Crippen LogP contribution in [0.3, 0.4) is 0 Å². The third kappa shape index (κ3) is 5.68. The van der Waals surface area contributed by atoms with E-state index in [-0.39, 0.29) is 17.8 Å². The lowest BCUT2D eigenvalue weighted by molar-refractivity contribution is -0.149. The van der Waals surface area contributed by atoms with Gasteiger partial charge in [0.25, 0.3) is 5.91 Å². The number of amides is 1. The molecule has 184 valence electrons. The SMILES string of the molecule is CCOC(=O)C1CCN(Cc2ccc3c(NC(=O)c4cccc(C)c4)c(C(=O)OC)sc3n2)CC1. The number of aromatic nitrogens is 1. The average Bonchev–Trinajstić information content (AvgIpc) is 3.21. The number of esters is 2. The van der Waals surface area contributed by atoms with Crippen LogP contribution in [0.25, 0.3) is 10.2 Å². The molecule has 0 saturated carbocycles. The molecule has 2 aromatic heterocycles. The van der Waals surface area contributed by atoms with Gasteiger partial charge >= 0.3 is 11.9 Å². The van der Waals surface area contributed by atoms with E-state index in [1.807, 2.05) is 38.1 Å². The molecule has 1 fully saturated rings. The van der Waals surface area contributed by atoms with Crippen molar-refractivity contribution in [3.05, 3.63) is 58.1 Å². The maximum atomic E-state index is 12.9. The van der Waals surface area contributed by atoms with Crippen molar-refractivity contribution in [3.63, 3.8) is 0 Å². The van der Waals surface area contributed by atoms with Crippen molar-refractivity contribution in [1.29, 1.82) is 0 Å². The molecule has 0 spiro atoms. The summed E-state index contributed by atoms with van der Waals surface area (Å²) in [6.45, 7) is 6.37. The second-order valence-electron chi connectivity index (χ2n) is 8.58. The lowest BCUT2D eigenvalue weighted by Gasteiger charge is -2.30. The molecular formula is C26H29N3O5S. The number of likely N-dealkylation sites (tertiary alicyclic amines) is 1. The van der Waals surface area contributed by atoms with Crippen molar-refractivity contribution in [2.75, 3.05) is 32.1 Å². The van der Waals surface area contributed by atoms with Gasteiger partial charge in [-0.05, 0) is 64.0 Å². The molecule has 0 radical (unpaired) electrons. The first-order valence-corrected chi connectivity index (χ1v) is 12.5. The van der Waals surface area contributed by atoms with E-state index in [1.54, 1.807) is 12.1 Å². The minimum absolute atomic E-state index is 0.0406. The van der Waals surface area contributed by atoms with Gasteiger partial charge in [-0.15, -0.1) is 11.3 Å². The molecule has 4 rings (SSSR count). The number of nitrogens with zero attached hydrogens (tertiary/aromatic N) is 2. The third-order valence-corrected chi connectivity index (χ3v) is 7.18. The fourth-order valence-electron chi connectivity index (χ4n) is 4.25. The molecule has 0 unspecified atom stereocenters. The Balaban J connectivity index is 1.53. The zero-order chi connectivity index (χ0) is 24.9. The Hall–Kier alpha value is -3.30. The topological polar surface area (TPSA) is 97.8 Å². The van der Waals surface area contributed by atoms with Crippen molar-refractivity contribution in [3.8, 4) is 0 Å². The van der Waals surface area contributed by atoms with Gasteiger partial charge in [0.2, 0.25) is 0 Å². The summed E-state index contributed by atoms with van der Waals surface area (Å²) in [5, 5.41) is 3.59. The van der Waals surface area contributed by atoms with Crippen LogP contribution >= 0.6 is 11.3 Å². The summed E-state index contributed by atoms with van der Waals surface area (Å²) in [6, 6.07) is 11.1. The van der Waals surface area contributed by atoms with E-state index < -0.39 is 5.97 Å². The van der Waals surface area contributed by atoms with Crippen LogP contribution in [0.5, 0.6) is 0 Å². The number of thiophene rings is 1. The van der Waals surface area contributed by atoms with Gasteiger partial charge in [0, 0.05) is 17.5 Å². The number of aryl methyl sites for hydroxylation is 1. The van der Waals surface area contributed by atoms with Gasteiger partial charge in [0.05, 0.1) is 31.0 Å². The van der Waals surface area contributed by atoms with Crippen LogP contribution < -0.4 is 5.32 Å². The van der Waals surface area contributed by atoms with E-state index in [9.17, 15) is 14.4 Å². The van der Waals surface area contributed by atoms with Gasteiger partial charge in [-0.3, -0.25) is 14.5 Å². The molecule has 8 nitrogen and oxygen atoms in total. The first-order chi connectivity index (χ1) is 16.9. The van der Waals surface area contributed by atoms with E-state index in [4.69, 9.17) is 14.5 Å². The van der Waals surface area contributed by atoms with Crippen molar-refractivity contribution >= 4 is 45.1 Å². The predicted octanol–water partition coefficient (Wildman–Crippen LogP) is 4.42. The maximum Gasteiger partial charge on any atom is 0.350 e. The van der Waals surface area contributed by atoms with E-state index in [0.29, 0.717) is 39.5 Å². The van der Waals surface area contributed by atoms with Crippen LogP contribution in [0.2, 0.25) is 0 Å². The Labute approximate surface area is 208 Å². The maximum absolute atomic E-state index is 12.9. The standard InChI is InChI=1S/C26H29N3O5S/c1-4-34-25(31)17-10-12-29(13-11-17)15-19-8-9-20-21(22(26(32)33-3)35-24(20)27-19)28-23(30)18-7-5-6-16(2)14-18/h5-9,14,17H,4,10-13,15H2,1-3H3,(H,28,30). The van der Waals surface area contributed by atoms with E-state index in [2.05, 4.69) is 10.2 Å². The Morgan fingerprint density at radius 1 is 1.17 bits per heavy atom. The fourth-order valence-corrected chi connectivity index (χ4v) is 5.32. The largest absolute Gasteiger partial charge is 0.466 e. The lowest BCUT2D eigenvalue weighted by Crippen LogP contribution is -2.36. The molecular weight excluding hydrogens is 466 g/mol. The van der Waals surface area contributed by atoms with E-state index in [0.717, 1.165) is 37.2 Å². The zero-order valence-corrected chi connectivity index (χ0v) is 20.9. The number of fused-ring (bicyclic) bond motifs is 1. The van der Waals surface area contributed by atoms with E-state index >= 15 is 0 Å². The number of methoxy groups -OCH3 is 1. The van der Waals surface area contributed by atoms with Gasteiger partial charge in [0.1, 0.15) is 9.71 Å². The number of carbonyl (C=O) groups is 3. The summed E-state index contributed by atoms with van der Waals surface area (Å²) in [4.78, 5) is 45.4. The number of anilines is 1. The van der Waals surface area contributed by atoms with Crippen LogP contribution in [0.4, 0.5) is 5.69 Å². The van der Waals surface area contributed by atoms with Gasteiger partial charge in [-0.25, -0.2) is 9.78 Å². The molecule has 1 saturated heterocycles. The highest BCUT2D eigenvalue weighted by atomic mass is 32.1. The zero-order valence-electron chi connectivity index (χ0n) is 20.1. The van der Waals surface area contributed by atoms with Crippen LogP contribution in [0.1, 0.15) is 51.1 Å². The van der Waals surface area contributed by atoms with Crippen molar-refractivity contribution in [2.24, 2.45) is 5.92 Å². The normalized spacial score (nSPS) is 14.6. The molecule has 0 bridgehead atoms. The third-order valence-electron chi connectivity index (χ3n) is 6.10. The minimum atomic E-state index is -0.518. The number of piperidine rings is 1. The Morgan fingerprint density at radius 2 is 1.94 bits per heavy atom. The molecule has 1 aliphatic heterocycles. The second kappa shape index (κ2) is 11.0. The molecule has 3 heterocycles. The van der Waals surface area contributed by atoms with Crippen LogP contribution in [-0.2, 0) is 20.8 Å². The van der Waals surface area contributed by atoms with Crippen LogP contribution in [-0.4, -0.2) is 54.5 Å². The number of ether oxygens (including phenoxy) is 2. The summed E-state index contributed by atoms with van der Waals surface area (Å²) < 4.78 is 10.1. The Kier molecular flexibility index (Phi) is 7.77. The van der Waals surface area contributed by atoms with Crippen molar-refractivity contribution in [2.45, 2.75) is 33.2 Å². The van der Waals surface area contributed by atoms with Gasteiger partial charge in [0.15, 0.2) is 0 Å². The number of pyridine rings is 1. The summed E-state index contributed by atoms with van der Waals surface area (Å²) in [6.07, 6.45) is 1.53. The summed E-state index contributed by atoms with van der Waals surface area (Å²) in [5.74, 6) is -0.968. The average molecular weight is 496 g/mol. The molecule has 1 N–H and O–H groups in total. The number of benzene rings is 1. The molecule has 1 aromatic carbocycles. The predicted molar refractivity (Wildman–Crippen MR) is 135 cm³/mol. The monoisotopic (exact) mass is 495 g/mol. The number of carbonyl (C=O) groups excluding carboxylic acids is 3. The number of nitrogens with one attached hydrogen (secondary N) is 1. The van der Waals surface area contributed by atoms with Crippen molar-refractivity contribution in [1.82, 2.24) is 9.88 Å². The minimum Gasteiger partial charge on any atom is -0.466 e. The Morgan fingerprint density at radius 3 is 2.63 bits per heavy atom. The highest BCUT2D eigenvalue weighted by Gasteiger charge is 2.27. The lowest BCUT2D eigenvalue weighted by atomic mass is 9.97. The van der Waals surface area contributed by atoms with Crippen LogP contribution in [0, 0.1) is 12.8 Å². The molecule has 35 heavy (non-hydrogen) atoms. The molecule has 0 atom stereocenters. The van der Waals surface area contributed by atoms with Gasteiger partial charge in [-0.1, -0.05) is 17.7 Å². The number of hydrogen-bond acceptors (Lipinski definition) is 8. The van der Waals surface area contributed by atoms with Gasteiger partial charge < -0.3 is 14.8 Å². The molecule has 0 aliphatic carbocycles. The highest BCUT2D eigenvalue weighted by Crippen LogP contribution is 2.36. The van der Waals surface area contributed by atoms with Crippen LogP contribution in [0.15, 0.2) is 36.4 Å². The number of hydrogen-bond donors (Lipinski definition) is 1. The van der Waals surface area contributed by atoms with Gasteiger partial charge in [-0.2, -0.15) is 0 Å². The first-order valence-electron chi connectivity index (χ1n) is 11.7. The van der Waals surface area contributed by atoms with Crippen molar-refractivity contribution < 1.29 is 23.9 Å². The summed E-state index contributed by atoms with van der Waals surface area (Å²) in [5.41, 5.74) is 2.76. The first kappa shape index (κ1) is 24.8. The number of rotatable bonds is 7.